The normalized spacial score (nSPS) is 21.5. The molecule has 0 amide bonds. The highest BCUT2D eigenvalue weighted by molar-refractivity contribution is 7.82. The lowest BCUT2D eigenvalue weighted by Gasteiger charge is -2.32. The third-order valence-corrected chi connectivity index (χ3v) is 5.31. The van der Waals surface area contributed by atoms with E-state index in [9.17, 15) is 4.21 Å². The second kappa shape index (κ2) is 6.20. The topological polar surface area (TPSA) is 47.6 Å². The Labute approximate surface area is 130 Å². The number of nitrogens with one attached hydrogen (secondary N) is 1. The molecule has 1 aromatic rings. The maximum Gasteiger partial charge on any atom is 0.494 e. The Morgan fingerprint density at radius 3 is 2.38 bits per heavy atom. The fraction of sp³-hybridized carbons (Fsp3) is 0.600. The zero-order chi connectivity index (χ0) is 15.7. The standard InChI is InChI=1S/C15H24BNO3S/c1-14(2)15(3,4)20-16(19-14)13-8-6-7-12(11-13)9-10-21(18)17-5/h6-8,11,17H,9-10H2,1-5H3. The molecule has 2 rings (SSSR count). The van der Waals surface area contributed by atoms with Gasteiger partial charge in [0.15, 0.2) is 0 Å². The average Bonchev–Trinajstić information content (AvgIpc) is 2.65. The van der Waals surface area contributed by atoms with Crippen LogP contribution < -0.4 is 10.2 Å². The Morgan fingerprint density at radius 1 is 1.19 bits per heavy atom. The van der Waals surface area contributed by atoms with E-state index in [1.807, 2.05) is 45.9 Å². The van der Waals surface area contributed by atoms with Crippen LogP contribution in [0.4, 0.5) is 0 Å². The molecule has 0 spiro atoms. The molecule has 1 saturated heterocycles. The van der Waals surface area contributed by atoms with Gasteiger partial charge in [0.2, 0.25) is 0 Å². The quantitative estimate of drug-likeness (QED) is 0.837. The van der Waals surface area contributed by atoms with Crippen molar-refractivity contribution >= 4 is 23.6 Å². The molecular formula is C15H24BNO3S. The monoisotopic (exact) mass is 309 g/mol. The van der Waals surface area contributed by atoms with Crippen molar-refractivity contribution in [2.24, 2.45) is 0 Å². The molecule has 1 unspecified atom stereocenters. The van der Waals surface area contributed by atoms with Crippen LogP contribution in [0.3, 0.4) is 0 Å². The van der Waals surface area contributed by atoms with Crippen LogP contribution in [-0.4, -0.2) is 35.3 Å². The third-order valence-electron chi connectivity index (χ3n) is 4.28. The van der Waals surface area contributed by atoms with Crippen molar-refractivity contribution in [3.63, 3.8) is 0 Å². The SMILES string of the molecule is CNS(=O)CCc1cccc(B2OC(C)(C)C(C)(C)O2)c1. The minimum atomic E-state index is -0.973. The third kappa shape index (κ3) is 3.75. The highest BCUT2D eigenvalue weighted by Crippen LogP contribution is 2.36. The second-order valence-corrected chi connectivity index (χ2v) is 7.84. The average molecular weight is 309 g/mol. The first-order valence-electron chi connectivity index (χ1n) is 7.25. The van der Waals surface area contributed by atoms with Gasteiger partial charge in [0.1, 0.15) is 0 Å². The van der Waals surface area contributed by atoms with Crippen LogP contribution in [0.15, 0.2) is 24.3 Å². The predicted molar refractivity (Wildman–Crippen MR) is 87.9 cm³/mol. The minimum Gasteiger partial charge on any atom is -0.399 e. The lowest BCUT2D eigenvalue weighted by Crippen LogP contribution is -2.41. The molecule has 0 saturated carbocycles. The second-order valence-electron chi connectivity index (χ2n) is 6.34. The fourth-order valence-electron chi connectivity index (χ4n) is 2.19. The van der Waals surface area contributed by atoms with Gasteiger partial charge < -0.3 is 9.31 Å². The molecule has 1 N–H and O–H groups in total. The van der Waals surface area contributed by atoms with E-state index in [1.54, 1.807) is 7.05 Å². The Balaban J connectivity index is 2.10. The minimum absolute atomic E-state index is 0.332. The lowest BCUT2D eigenvalue weighted by molar-refractivity contribution is 0.00578. The molecule has 116 valence electrons. The molecular weight excluding hydrogens is 285 g/mol. The van der Waals surface area contributed by atoms with E-state index >= 15 is 0 Å². The smallest absolute Gasteiger partial charge is 0.399 e. The summed E-state index contributed by atoms with van der Waals surface area (Å²) in [4.78, 5) is 0. The molecule has 4 nitrogen and oxygen atoms in total. The van der Waals surface area contributed by atoms with E-state index in [-0.39, 0.29) is 18.3 Å². The van der Waals surface area contributed by atoms with Gasteiger partial charge in [-0.25, -0.2) is 8.93 Å². The van der Waals surface area contributed by atoms with E-state index in [4.69, 9.17) is 9.31 Å². The fourth-order valence-corrected chi connectivity index (χ4v) is 2.81. The Hall–Kier alpha value is -0.685. The van der Waals surface area contributed by atoms with E-state index in [2.05, 4.69) is 10.8 Å². The molecule has 21 heavy (non-hydrogen) atoms. The number of benzene rings is 1. The van der Waals surface area contributed by atoms with Gasteiger partial charge in [-0.05, 0) is 52.2 Å². The molecule has 1 fully saturated rings. The van der Waals surface area contributed by atoms with Gasteiger partial charge in [-0.15, -0.1) is 0 Å². The van der Waals surface area contributed by atoms with E-state index in [0.29, 0.717) is 5.75 Å². The van der Waals surface area contributed by atoms with E-state index in [1.165, 1.54) is 0 Å². The highest BCUT2D eigenvalue weighted by Gasteiger charge is 2.51. The number of aryl methyl sites for hydroxylation is 1. The van der Waals surface area contributed by atoms with Crippen LogP contribution in [0.2, 0.25) is 0 Å². The molecule has 1 aromatic carbocycles. The molecule has 0 aliphatic carbocycles. The summed E-state index contributed by atoms with van der Waals surface area (Å²) >= 11 is 0. The molecule has 0 aromatic heterocycles. The molecule has 0 radical (unpaired) electrons. The molecule has 0 bridgehead atoms. The summed E-state index contributed by atoms with van der Waals surface area (Å²) in [5.74, 6) is 0.601. The van der Waals surface area contributed by atoms with Crippen molar-refractivity contribution in [1.29, 1.82) is 0 Å². The van der Waals surface area contributed by atoms with E-state index in [0.717, 1.165) is 17.4 Å². The molecule has 1 aliphatic heterocycles. The molecule has 1 aliphatic rings. The predicted octanol–water partition coefficient (Wildman–Crippen LogP) is 1.41. The van der Waals surface area contributed by atoms with Crippen LogP contribution in [0.5, 0.6) is 0 Å². The molecule has 1 heterocycles. The molecule has 1 atom stereocenters. The van der Waals surface area contributed by atoms with Gasteiger partial charge in [0.05, 0.1) is 22.2 Å². The van der Waals surface area contributed by atoms with Gasteiger partial charge in [0, 0.05) is 5.75 Å². The molecule has 6 heteroatoms. The van der Waals surface area contributed by atoms with Crippen molar-refractivity contribution in [2.45, 2.75) is 45.3 Å². The van der Waals surface area contributed by atoms with Gasteiger partial charge in [-0.2, -0.15) is 0 Å². The lowest BCUT2D eigenvalue weighted by atomic mass is 9.78. The van der Waals surface area contributed by atoms with Crippen LogP contribution in [0, 0.1) is 0 Å². The number of rotatable bonds is 5. The zero-order valence-electron chi connectivity index (χ0n) is 13.4. The summed E-state index contributed by atoms with van der Waals surface area (Å²) in [6.45, 7) is 8.19. The van der Waals surface area contributed by atoms with Crippen molar-refractivity contribution < 1.29 is 13.5 Å². The summed E-state index contributed by atoms with van der Waals surface area (Å²) in [7, 11) is 0.389. The summed E-state index contributed by atoms with van der Waals surface area (Å²) in [6.07, 6.45) is 0.765. The summed E-state index contributed by atoms with van der Waals surface area (Å²) in [5.41, 5.74) is 1.50. The van der Waals surface area contributed by atoms with Gasteiger partial charge in [0.25, 0.3) is 0 Å². The largest absolute Gasteiger partial charge is 0.494 e. The van der Waals surface area contributed by atoms with Crippen LogP contribution in [0.1, 0.15) is 33.3 Å². The van der Waals surface area contributed by atoms with Gasteiger partial charge in [-0.3, -0.25) is 0 Å². The Morgan fingerprint density at radius 2 is 1.81 bits per heavy atom. The van der Waals surface area contributed by atoms with Crippen molar-refractivity contribution in [3.8, 4) is 0 Å². The first-order valence-corrected chi connectivity index (χ1v) is 8.57. The zero-order valence-corrected chi connectivity index (χ0v) is 14.3. The van der Waals surface area contributed by atoms with Crippen LogP contribution >= 0.6 is 0 Å². The first kappa shape index (κ1) is 16.7. The van der Waals surface area contributed by atoms with Crippen LogP contribution in [-0.2, 0) is 26.7 Å². The summed E-state index contributed by atoms with van der Waals surface area (Å²) < 4.78 is 26.3. The van der Waals surface area contributed by atoms with Crippen LogP contribution in [0.25, 0.3) is 0 Å². The van der Waals surface area contributed by atoms with Crippen molar-refractivity contribution in [3.05, 3.63) is 29.8 Å². The van der Waals surface area contributed by atoms with Gasteiger partial charge >= 0.3 is 7.12 Å². The number of hydrogen-bond acceptors (Lipinski definition) is 3. The Kier molecular flexibility index (Phi) is 4.93. The summed E-state index contributed by atoms with van der Waals surface area (Å²) in [5, 5.41) is 0. The van der Waals surface area contributed by atoms with Crippen molar-refractivity contribution in [2.75, 3.05) is 12.8 Å². The summed E-state index contributed by atoms with van der Waals surface area (Å²) in [6, 6.07) is 8.13. The van der Waals surface area contributed by atoms with Crippen molar-refractivity contribution in [1.82, 2.24) is 4.72 Å². The highest BCUT2D eigenvalue weighted by atomic mass is 32.2. The maximum absolute atomic E-state index is 11.4. The first-order chi connectivity index (χ1) is 9.75. The Bertz CT molecular complexity index is 517. The maximum atomic E-state index is 11.4. The van der Waals surface area contributed by atoms with E-state index < -0.39 is 11.0 Å². The number of hydrogen-bond donors (Lipinski definition) is 1. The van der Waals surface area contributed by atoms with Gasteiger partial charge in [-0.1, -0.05) is 24.3 Å².